The van der Waals surface area contributed by atoms with E-state index in [1.165, 1.54) is 17.0 Å². The zero-order valence-electron chi connectivity index (χ0n) is 21.7. The molecule has 9 nitrogen and oxygen atoms in total. The van der Waals surface area contributed by atoms with Gasteiger partial charge in [0, 0.05) is 23.4 Å². The van der Waals surface area contributed by atoms with E-state index < -0.39 is 35.4 Å². The van der Waals surface area contributed by atoms with E-state index in [2.05, 4.69) is 25.9 Å². The molecule has 2 aliphatic heterocycles. The standard InChI is InChI=1S/C28H32BrFN4O5/c1-15-25(33-21-10-17(30)9-19(29)24(21)32-15)39-18-11-22-23(35)13-28(27(37)38)12-16(28)7-5-3-2-4-6-8-20(31)26(36)34(22)14-18/h5,7,9-10,16,18,20,22H,2-4,6,8,11-14,31H2,1H3,(H,37,38)/b7-5-/t16-,18-,20+,22+,28-/m1/s1. The van der Waals surface area contributed by atoms with Crippen LogP contribution in [0.3, 0.4) is 0 Å². The van der Waals surface area contributed by atoms with Crippen molar-refractivity contribution in [2.75, 3.05) is 6.54 Å². The minimum atomic E-state index is -1.14. The molecule has 1 saturated carbocycles. The Morgan fingerprint density at radius 3 is 2.82 bits per heavy atom. The van der Waals surface area contributed by atoms with Crippen LogP contribution in [0.5, 0.6) is 5.88 Å². The predicted molar refractivity (Wildman–Crippen MR) is 144 cm³/mol. The number of ether oxygens (including phenoxy) is 1. The quantitative estimate of drug-likeness (QED) is 0.501. The molecule has 11 heteroatoms. The van der Waals surface area contributed by atoms with Gasteiger partial charge in [-0.25, -0.2) is 14.4 Å². The van der Waals surface area contributed by atoms with Crippen molar-refractivity contribution in [2.24, 2.45) is 17.1 Å². The van der Waals surface area contributed by atoms with Crippen molar-refractivity contribution < 1.29 is 28.6 Å². The number of aryl methyl sites for hydroxylation is 1. The van der Waals surface area contributed by atoms with E-state index in [-0.39, 0.29) is 42.9 Å². The number of carboxylic acid groups (broad SMARTS) is 1. The van der Waals surface area contributed by atoms with Crippen LogP contribution in [0.1, 0.15) is 57.1 Å². The molecule has 39 heavy (non-hydrogen) atoms. The van der Waals surface area contributed by atoms with Gasteiger partial charge in [-0.2, -0.15) is 0 Å². The first kappa shape index (κ1) is 27.6. The molecule has 0 spiro atoms. The number of carbonyl (C=O) groups is 3. The van der Waals surface area contributed by atoms with Crippen LogP contribution in [0.15, 0.2) is 28.8 Å². The Bertz CT molecular complexity index is 1350. The number of allylic oxidation sites excluding steroid dienone is 2. The maximum absolute atomic E-state index is 14.0. The Balaban J connectivity index is 1.41. The van der Waals surface area contributed by atoms with Crippen LogP contribution in [-0.2, 0) is 14.4 Å². The van der Waals surface area contributed by atoms with E-state index in [0.717, 1.165) is 25.7 Å². The first-order valence-electron chi connectivity index (χ1n) is 13.4. The van der Waals surface area contributed by atoms with Crippen molar-refractivity contribution >= 4 is 44.6 Å². The number of aromatic nitrogens is 2. The summed E-state index contributed by atoms with van der Waals surface area (Å²) in [6.07, 6.45) is 7.73. The first-order chi connectivity index (χ1) is 18.6. The molecule has 1 aromatic carbocycles. The summed E-state index contributed by atoms with van der Waals surface area (Å²) in [6.45, 7) is 1.83. The van der Waals surface area contributed by atoms with Crippen molar-refractivity contribution in [2.45, 2.75) is 76.5 Å². The number of nitrogens with zero attached hydrogens (tertiary/aromatic N) is 3. The summed E-state index contributed by atoms with van der Waals surface area (Å²) >= 11 is 3.31. The summed E-state index contributed by atoms with van der Waals surface area (Å²) in [7, 11) is 0. The lowest BCUT2D eigenvalue weighted by molar-refractivity contribution is -0.147. The molecular weight excluding hydrogens is 571 g/mol. The van der Waals surface area contributed by atoms with Gasteiger partial charge in [0.1, 0.15) is 23.1 Å². The second kappa shape index (κ2) is 10.9. The average Bonchev–Trinajstić information content (AvgIpc) is 3.41. The van der Waals surface area contributed by atoms with Gasteiger partial charge >= 0.3 is 5.97 Å². The van der Waals surface area contributed by atoms with Crippen LogP contribution >= 0.6 is 15.9 Å². The smallest absolute Gasteiger partial charge is 0.310 e. The molecule has 3 aliphatic rings. The minimum Gasteiger partial charge on any atom is -0.481 e. The van der Waals surface area contributed by atoms with Gasteiger partial charge in [0.15, 0.2) is 5.78 Å². The van der Waals surface area contributed by atoms with Crippen molar-refractivity contribution in [1.82, 2.24) is 14.9 Å². The molecule has 2 fully saturated rings. The molecule has 2 aromatic rings. The molecule has 3 N–H and O–H groups in total. The van der Waals surface area contributed by atoms with E-state index in [0.29, 0.717) is 34.0 Å². The Morgan fingerprint density at radius 1 is 1.26 bits per heavy atom. The largest absolute Gasteiger partial charge is 0.481 e. The van der Waals surface area contributed by atoms with E-state index in [4.69, 9.17) is 10.5 Å². The Kier molecular flexibility index (Phi) is 7.74. The molecule has 1 amide bonds. The van der Waals surface area contributed by atoms with Crippen LogP contribution in [0, 0.1) is 24.1 Å². The second-order valence-electron chi connectivity index (χ2n) is 10.9. The number of amides is 1. The highest BCUT2D eigenvalue weighted by atomic mass is 79.9. The number of rotatable bonds is 3. The van der Waals surface area contributed by atoms with Gasteiger partial charge in [-0.3, -0.25) is 14.4 Å². The number of carbonyl (C=O) groups excluding carboxylic acids is 2. The first-order valence-corrected chi connectivity index (χ1v) is 14.2. The highest BCUT2D eigenvalue weighted by Gasteiger charge is 2.61. The number of aliphatic carboxylic acids is 1. The number of benzene rings is 1. The number of Topliss-reactive ketones (excluding diaryl/α,β-unsaturated/α-hetero) is 1. The number of hydrogen-bond donors (Lipinski definition) is 2. The van der Waals surface area contributed by atoms with Gasteiger partial charge < -0.3 is 20.5 Å². The van der Waals surface area contributed by atoms with Crippen LogP contribution < -0.4 is 10.5 Å². The SMILES string of the molecule is Cc1nc2c(Br)cc(F)cc2nc1O[C@@H]1C[C@H]2C(=O)C[C@]3(C(=O)O)C[C@H]3/C=C\CCCCC[C@H](N)C(=O)N2C1. The fraction of sp³-hybridized carbons (Fsp3) is 0.536. The van der Waals surface area contributed by atoms with Crippen LogP contribution in [0.2, 0.25) is 0 Å². The van der Waals surface area contributed by atoms with Gasteiger partial charge in [-0.15, -0.1) is 0 Å². The molecule has 1 aromatic heterocycles. The van der Waals surface area contributed by atoms with Gasteiger partial charge in [0.05, 0.1) is 29.6 Å². The zero-order valence-corrected chi connectivity index (χ0v) is 23.3. The Labute approximate surface area is 234 Å². The Morgan fingerprint density at radius 2 is 2.05 bits per heavy atom. The van der Waals surface area contributed by atoms with Crippen molar-refractivity contribution in [1.29, 1.82) is 0 Å². The van der Waals surface area contributed by atoms with Gasteiger partial charge in [0.25, 0.3) is 0 Å². The van der Waals surface area contributed by atoms with Gasteiger partial charge in [0.2, 0.25) is 11.8 Å². The van der Waals surface area contributed by atoms with E-state index in [9.17, 15) is 23.9 Å². The number of carboxylic acids is 1. The molecule has 3 heterocycles. The lowest BCUT2D eigenvalue weighted by Gasteiger charge is -2.27. The Hall–Kier alpha value is -2.92. The maximum atomic E-state index is 14.0. The third-order valence-electron chi connectivity index (χ3n) is 8.14. The predicted octanol–water partition coefficient (Wildman–Crippen LogP) is 4.09. The summed E-state index contributed by atoms with van der Waals surface area (Å²) in [5.41, 5.74) is 6.41. The molecule has 1 aliphatic carbocycles. The monoisotopic (exact) mass is 602 g/mol. The molecule has 1 saturated heterocycles. The average molecular weight is 603 g/mol. The lowest BCUT2D eigenvalue weighted by Crippen LogP contribution is -2.49. The summed E-state index contributed by atoms with van der Waals surface area (Å²) < 4.78 is 20.6. The molecular formula is C28H32BrFN4O5. The van der Waals surface area contributed by atoms with Gasteiger partial charge in [-0.05, 0) is 60.5 Å². The third kappa shape index (κ3) is 5.56. The second-order valence-corrected chi connectivity index (χ2v) is 11.8. The molecule has 0 bridgehead atoms. The highest BCUT2D eigenvalue weighted by molar-refractivity contribution is 9.10. The van der Waals surface area contributed by atoms with E-state index in [1.807, 2.05) is 12.2 Å². The normalized spacial score (nSPS) is 30.7. The fourth-order valence-electron chi connectivity index (χ4n) is 5.79. The van der Waals surface area contributed by atoms with Crippen LogP contribution in [0.4, 0.5) is 4.39 Å². The van der Waals surface area contributed by atoms with Crippen molar-refractivity contribution in [3.05, 3.63) is 40.3 Å². The summed E-state index contributed by atoms with van der Waals surface area (Å²) in [5.74, 6) is -2.11. The fourth-order valence-corrected chi connectivity index (χ4v) is 6.31. The molecule has 0 unspecified atom stereocenters. The zero-order chi connectivity index (χ0) is 27.9. The molecule has 5 rings (SSSR count). The maximum Gasteiger partial charge on any atom is 0.310 e. The van der Waals surface area contributed by atoms with E-state index in [1.54, 1.807) is 6.92 Å². The number of fused-ring (bicyclic) bond motifs is 3. The van der Waals surface area contributed by atoms with Crippen LogP contribution in [0.25, 0.3) is 11.0 Å². The van der Waals surface area contributed by atoms with Crippen molar-refractivity contribution in [3.63, 3.8) is 0 Å². The molecule has 5 atom stereocenters. The van der Waals surface area contributed by atoms with Crippen molar-refractivity contribution in [3.8, 4) is 5.88 Å². The topological polar surface area (TPSA) is 136 Å². The minimum absolute atomic E-state index is 0.109. The van der Waals surface area contributed by atoms with E-state index >= 15 is 0 Å². The summed E-state index contributed by atoms with van der Waals surface area (Å²) in [5, 5.41) is 9.99. The highest BCUT2D eigenvalue weighted by Crippen LogP contribution is 2.57. The number of ketones is 1. The number of hydrogen-bond acceptors (Lipinski definition) is 7. The van der Waals surface area contributed by atoms with Gasteiger partial charge in [-0.1, -0.05) is 25.0 Å². The summed E-state index contributed by atoms with van der Waals surface area (Å²) in [6, 6.07) is 0.962. The number of halogens is 2. The molecule has 0 radical (unpaired) electrons. The summed E-state index contributed by atoms with van der Waals surface area (Å²) in [4.78, 5) is 49.6. The third-order valence-corrected chi connectivity index (χ3v) is 8.74. The van der Waals surface area contributed by atoms with Crippen LogP contribution in [-0.4, -0.2) is 62.4 Å². The molecule has 208 valence electrons. The lowest BCUT2D eigenvalue weighted by atomic mass is 9.92. The number of nitrogens with two attached hydrogens (primary N) is 1.